The Morgan fingerprint density at radius 1 is 1.25 bits per heavy atom. The summed E-state index contributed by atoms with van der Waals surface area (Å²) < 4.78 is 0. The lowest BCUT2D eigenvalue weighted by Gasteiger charge is -2.14. The molecule has 0 amide bonds. The van der Waals surface area contributed by atoms with Crippen LogP contribution in [0.25, 0.3) is 0 Å². The molecule has 20 heavy (non-hydrogen) atoms. The van der Waals surface area contributed by atoms with Crippen molar-refractivity contribution < 1.29 is 4.79 Å². The fourth-order valence-electron chi connectivity index (χ4n) is 1.84. The van der Waals surface area contributed by atoms with Crippen LogP contribution < -0.4 is 5.73 Å². The molecule has 1 unspecified atom stereocenters. The molecule has 0 spiro atoms. The predicted octanol–water partition coefficient (Wildman–Crippen LogP) is 1.14. The first-order valence-corrected chi connectivity index (χ1v) is 6.96. The van der Waals surface area contributed by atoms with Gasteiger partial charge < -0.3 is 5.73 Å². The van der Waals surface area contributed by atoms with Crippen molar-refractivity contribution in [1.82, 2.24) is 0 Å². The number of fused-ring (bicyclic) bond motifs is 1. The summed E-state index contributed by atoms with van der Waals surface area (Å²) in [5.41, 5.74) is 6.31. The first-order valence-electron chi connectivity index (χ1n) is 5.97. The van der Waals surface area contributed by atoms with E-state index in [1.807, 2.05) is 18.2 Å². The zero-order valence-corrected chi connectivity index (χ0v) is 11.2. The second-order valence-corrected chi connectivity index (χ2v) is 5.15. The molecule has 0 aliphatic carbocycles. The average molecular weight is 285 g/mol. The van der Waals surface area contributed by atoms with E-state index in [4.69, 9.17) is 5.73 Å². The molecule has 2 aliphatic rings. The van der Waals surface area contributed by atoms with E-state index < -0.39 is 0 Å². The van der Waals surface area contributed by atoms with Crippen molar-refractivity contribution in [1.29, 1.82) is 0 Å². The molecule has 0 saturated heterocycles. The summed E-state index contributed by atoms with van der Waals surface area (Å²) in [6.45, 7) is 0. The van der Waals surface area contributed by atoms with Gasteiger partial charge in [0.25, 0.3) is 0 Å². The van der Waals surface area contributed by atoms with Crippen LogP contribution >= 0.6 is 11.8 Å². The summed E-state index contributed by atoms with van der Waals surface area (Å²) in [5.74, 6) is 1.02. The van der Waals surface area contributed by atoms with Gasteiger partial charge in [-0.05, 0) is 0 Å². The molecule has 7 heteroatoms. The van der Waals surface area contributed by atoms with Crippen LogP contribution in [0.2, 0.25) is 0 Å². The van der Waals surface area contributed by atoms with Crippen LogP contribution in [0.5, 0.6) is 0 Å². The van der Waals surface area contributed by atoms with Crippen molar-refractivity contribution in [3.05, 3.63) is 35.9 Å². The highest BCUT2D eigenvalue weighted by atomic mass is 32.2. The Labute approximate surface area is 119 Å². The van der Waals surface area contributed by atoms with Gasteiger partial charge in [0, 0.05) is 5.56 Å². The maximum absolute atomic E-state index is 12.1. The van der Waals surface area contributed by atoms with E-state index >= 15 is 0 Å². The number of carbonyl (C=O) groups is 1. The number of rotatable bonds is 3. The molecule has 0 fully saturated rings. The molecule has 6 nitrogen and oxygen atoms in total. The number of amidine groups is 1. The third kappa shape index (κ3) is 2.53. The van der Waals surface area contributed by atoms with Gasteiger partial charge in [0.2, 0.25) is 5.96 Å². The fraction of sp³-hybridized carbons (Fsp3) is 0.154. The van der Waals surface area contributed by atoms with Crippen molar-refractivity contribution in [3.8, 4) is 0 Å². The van der Waals surface area contributed by atoms with Gasteiger partial charge >= 0.3 is 0 Å². The van der Waals surface area contributed by atoms with E-state index in [1.54, 1.807) is 12.1 Å². The molecule has 1 atom stereocenters. The van der Waals surface area contributed by atoms with E-state index in [0.29, 0.717) is 16.4 Å². The fourth-order valence-corrected chi connectivity index (χ4v) is 2.76. The van der Waals surface area contributed by atoms with Crippen molar-refractivity contribution in [2.24, 2.45) is 25.7 Å². The monoisotopic (exact) mass is 285 g/mol. The molecule has 3 rings (SSSR count). The normalized spacial score (nSPS) is 20.0. The zero-order chi connectivity index (χ0) is 13.9. The Morgan fingerprint density at radius 3 is 2.85 bits per heavy atom. The zero-order valence-electron chi connectivity index (χ0n) is 10.4. The number of thioether (sulfide) groups is 1. The Bertz CT molecular complexity index is 663. The number of aliphatic imine (C=N–C) groups is 4. The summed E-state index contributed by atoms with van der Waals surface area (Å²) in [6, 6.07) is 8.84. The minimum absolute atomic E-state index is 0.0415. The maximum Gasteiger partial charge on any atom is 0.222 e. The van der Waals surface area contributed by atoms with Crippen LogP contribution in [0.15, 0.2) is 50.3 Å². The molecule has 0 radical (unpaired) electrons. The standard InChI is InChI=1S/C13H11N5OS/c14-13-17-11-10(15-7-16-11)12(18-13)20-6-9(19)8-4-2-1-3-5-8/h1-5,7,10H,6H2,(H2,14,15,16,17). The Morgan fingerprint density at radius 2 is 2.05 bits per heavy atom. The van der Waals surface area contributed by atoms with Gasteiger partial charge in [-0.15, -0.1) is 0 Å². The molecule has 0 saturated carbocycles. The largest absolute Gasteiger partial charge is 0.368 e. The van der Waals surface area contributed by atoms with Gasteiger partial charge in [0.15, 0.2) is 17.7 Å². The second-order valence-electron chi connectivity index (χ2n) is 4.15. The molecule has 1 aromatic carbocycles. The van der Waals surface area contributed by atoms with Crippen LogP contribution in [0.3, 0.4) is 0 Å². The van der Waals surface area contributed by atoms with Crippen molar-refractivity contribution in [2.75, 3.05) is 5.75 Å². The molecular formula is C13H11N5OS. The number of nitrogens with two attached hydrogens (primary N) is 1. The summed E-state index contributed by atoms with van der Waals surface area (Å²) in [6.07, 6.45) is 1.44. The SMILES string of the molecule is NC1=NC2=NC=NC2C(SCC(=O)c2ccccc2)=N1. The van der Waals surface area contributed by atoms with Crippen molar-refractivity contribution in [2.45, 2.75) is 6.04 Å². The lowest BCUT2D eigenvalue weighted by molar-refractivity contribution is 0.102. The maximum atomic E-state index is 12.1. The van der Waals surface area contributed by atoms with Crippen LogP contribution in [0, 0.1) is 0 Å². The van der Waals surface area contributed by atoms with Crippen LogP contribution in [-0.4, -0.2) is 40.8 Å². The van der Waals surface area contributed by atoms with Gasteiger partial charge in [0.05, 0.1) is 5.75 Å². The van der Waals surface area contributed by atoms with E-state index in [-0.39, 0.29) is 23.5 Å². The van der Waals surface area contributed by atoms with Crippen LogP contribution in [-0.2, 0) is 0 Å². The highest BCUT2D eigenvalue weighted by Gasteiger charge is 2.28. The second kappa shape index (κ2) is 5.38. The number of guanidine groups is 1. The van der Waals surface area contributed by atoms with Crippen LogP contribution in [0.4, 0.5) is 0 Å². The quantitative estimate of drug-likeness (QED) is 0.844. The number of ketones is 1. The van der Waals surface area contributed by atoms with Gasteiger partial charge in [-0.25, -0.2) is 9.98 Å². The summed E-state index contributed by atoms with van der Waals surface area (Å²) >= 11 is 1.33. The number of carbonyl (C=O) groups excluding carboxylic acids is 1. The minimum atomic E-state index is -0.309. The molecule has 2 aliphatic heterocycles. The molecule has 100 valence electrons. The topological polar surface area (TPSA) is 92.5 Å². The highest BCUT2D eigenvalue weighted by molar-refractivity contribution is 8.14. The number of hydrogen-bond donors (Lipinski definition) is 1. The lowest BCUT2D eigenvalue weighted by atomic mass is 10.2. The molecular weight excluding hydrogens is 274 g/mol. The Balaban J connectivity index is 1.70. The number of nitrogens with zero attached hydrogens (tertiary/aromatic N) is 4. The van der Waals surface area contributed by atoms with Gasteiger partial charge in [-0.3, -0.25) is 9.79 Å². The number of hydrogen-bond acceptors (Lipinski definition) is 7. The number of Topliss-reactive ketones (excluding diaryl/α,β-unsaturated/α-hetero) is 1. The highest BCUT2D eigenvalue weighted by Crippen LogP contribution is 2.20. The predicted molar refractivity (Wildman–Crippen MR) is 82.0 cm³/mol. The third-order valence-electron chi connectivity index (χ3n) is 2.78. The van der Waals surface area contributed by atoms with Crippen molar-refractivity contribution in [3.63, 3.8) is 0 Å². The summed E-state index contributed by atoms with van der Waals surface area (Å²) in [7, 11) is 0. The third-order valence-corrected chi connectivity index (χ3v) is 3.80. The average Bonchev–Trinajstić information content (AvgIpc) is 2.93. The molecule has 2 N–H and O–H groups in total. The van der Waals surface area contributed by atoms with Gasteiger partial charge in [0.1, 0.15) is 11.4 Å². The Kier molecular flexibility index (Phi) is 3.42. The van der Waals surface area contributed by atoms with E-state index in [2.05, 4.69) is 20.0 Å². The minimum Gasteiger partial charge on any atom is -0.368 e. The first kappa shape index (κ1) is 12.7. The molecule has 2 heterocycles. The first-order chi connectivity index (χ1) is 9.74. The van der Waals surface area contributed by atoms with E-state index in [0.717, 1.165) is 0 Å². The van der Waals surface area contributed by atoms with E-state index in [1.165, 1.54) is 18.1 Å². The van der Waals surface area contributed by atoms with Gasteiger partial charge in [-0.2, -0.15) is 4.99 Å². The smallest absolute Gasteiger partial charge is 0.222 e. The molecule has 0 bridgehead atoms. The summed E-state index contributed by atoms with van der Waals surface area (Å²) in [4.78, 5) is 28.4. The van der Waals surface area contributed by atoms with Crippen molar-refractivity contribution >= 4 is 40.7 Å². The lowest BCUT2D eigenvalue weighted by Crippen LogP contribution is -2.31. The van der Waals surface area contributed by atoms with E-state index in [9.17, 15) is 4.79 Å². The molecule has 1 aromatic rings. The Hall–Kier alpha value is -2.28. The van der Waals surface area contributed by atoms with Crippen LogP contribution in [0.1, 0.15) is 10.4 Å². The molecule has 0 aromatic heterocycles. The summed E-state index contributed by atoms with van der Waals surface area (Å²) in [5, 5.41) is 0.661. The van der Waals surface area contributed by atoms with Gasteiger partial charge in [-0.1, -0.05) is 42.1 Å². The number of benzene rings is 1.